The van der Waals surface area contributed by atoms with Crippen molar-refractivity contribution in [1.82, 2.24) is 20.0 Å². The van der Waals surface area contributed by atoms with E-state index in [2.05, 4.69) is 44.6 Å². The van der Waals surface area contributed by atoms with Gasteiger partial charge in [-0.3, -0.25) is 4.99 Å². The third kappa shape index (κ3) is 4.47. The smallest absolute Gasteiger partial charge is 0.194 e. The molecule has 1 N–H and O–H groups in total. The van der Waals surface area contributed by atoms with E-state index in [4.69, 9.17) is 0 Å². The topological polar surface area (TPSA) is 45.5 Å². The molecule has 128 valence electrons. The summed E-state index contributed by atoms with van der Waals surface area (Å²) in [6.45, 7) is 1.44. The second-order valence-electron chi connectivity index (χ2n) is 5.83. The summed E-state index contributed by atoms with van der Waals surface area (Å²) in [6, 6.07) is 22.5. The number of nitrogens with one attached hydrogen (secondary N) is 1. The molecule has 5 heteroatoms. The summed E-state index contributed by atoms with van der Waals surface area (Å²) >= 11 is 0. The van der Waals surface area contributed by atoms with Crippen molar-refractivity contribution in [3.05, 3.63) is 84.2 Å². The molecule has 0 aliphatic rings. The lowest BCUT2D eigenvalue weighted by Gasteiger charge is -2.21. The van der Waals surface area contributed by atoms with Crippen LogP contribution in [-0.2, 0) is 13.1 Å². The molecule has 0 fully saturated rings. The summed E-state index contributed by atoms with van der Waals surface area (Å²) in [7, 11) is 3.83. The highest BCUT2D eigenvalue weighted by molar-refractivity contribution is 5.79. The number of hydrogen-bond acceptors (Lipinski definition) is 2. The first-order valence-electron chi connectivity index (χ1n) is 8.32. The molecular formula is C20H23N5. The van der Waals surface area contributed by atoms with Crippen LogP contribution < -0.4 is 5.32 Å². The number of benzene rings is 2. The normalized spacial score (nSPS) is 11.4. The van der Waals surface area contributed by atoms with E-state index < -0.39 is 0 Å². The molecule has 0 aliphatic heterocycles. The Morgan fingerprint density at radius 1 is 1.04 bits per heavy atom. The van der Waals surface area contributed by atoms with E-state index in [0.29, 0.717) is 6.54 Å². The highest BCUT2D eigenvalue weighted by Crippen LogP contribution is 2.07. The zero-order chi connectivity index (χ0) is 17.5. The quantitative estimate of drug-likeness (QED) is 0.576. The third-order valence-electron chi connectivity index (χ3n) is 3.93. The van der Waals surface area contributed by atoms with Gasteiger partial charge in [-0.15, -0.1) is 0 Å². The van der Waals surface area contributed by atoms with Crippen LogP contribution in [-0.4, -0.2) is 34.7 Å². The summed E-state index contributed by atoms with van der Waals surface area (Å²) < 4.78 is 1.88. The first-order valence-corrected chi connectivity index (χ1v) is 8.32. The third-order valence-corrected chi connectivity index (χ3v) is 3.93. The maximum absolute atomic E-state index is 4.61. The van der Waals surface area contributed by atoms with Gasteiger partial charge in [0.25, 0.3) is 0 Å². The number of guanidine groups is 1. The van der Waals surface area contributed by atoms with Crippen molar-refractivity contribution >= 4 is 5.96 Å². The van der Waals surface area contributed by atoms with Gasteiger partial charge in [0.05, 0.1) is 17.9 Å². The van der Waals surface area contributed by atoms with E-state index in [1.807, 2.05) is 60.4 Å². The number of aromatic nitrogens is 2. The van der Waals surface area contributed by atoms with Crippen LogP contribution in [0.15, 0.2) is 77.9 Å². The Morgan fingerprint density at radius 2 is 1.72 bits per heavy atom. The van der Waals surface area contributed by atoms with Crippen molar-refractivity contribution in [1.29, 1.82) is 0 Å². The minimum absolute atomic E-state index is 0.631. The fourth-order valence-electron chi connectivity index (χ4n) is 2.67. The minimum Gasteiger partial charge on any atom is -0.351 e. The van der Waals surface area contributed by atoms with E-state index in [1.165, 1.54) is 5.56 Å². The number of aliphatic imine (C=N–C) groups is 1. The van der Waals surface area contributed by atoms with Crippen LogP contribution in [0.3, 0.4) is 0 Å². The maximum atomic E-state index is 4.61. The molecule has 3 aromatic rings. The van der Waals surface area contributed by atoms with Crippen molar-refractivity contribution in [3.63, 3.8) is 0 Å². The van der Waals surface area contributed by atoms with Gasteiger partial charge in [-0.1, -0.05) is 48.5 Å². The van der Waals surface area contributed by atoms with Crippen LogP contribution in [0.5, 0.6) is 0 Å². The lowest BCUT2D eigenvalue weighted by Crippen LogP contribution is -2.38. The van der Waals surface area contributed by atoms with Gasteiger partial charge in [-0.25, -0.2) is 4.68 Å². The van der Waals surface area contributed by atoms with Gasteiger partial charge in [0.1, 0.15) is 0 Å². The Labute approximate surface area is 148 Å². The molecular weight excluding hydrogens is 310 g/mol. The SMILES string of the molecule is CN=C(NCc1ccn(-c2ccccc2)n1)N(C)Cc1ccccc1. The van der Waals surface area contributed by atoms with Crippen molar-refractivity contribution in [2.75, 3.05) is 14.1 Å². The van der Waals surface area contributed by atoms with E-state index >= 15 is 0 Å². The molecule has 3 rings (SSSR count). The molecule has 1 aromatic heterocycles. The van der Waals surface area contributed by atoms with Gasteiger partial charge in [0.2, 0.25) is 0 Å². The average molecular weight is 333 g/mol. The molecule has 0 amide bonds. The van der Waals surface area contributed by atoms with Crippen LogP contribution in [0.25, 0.3) is 5.69 Å². The molecule has 0 bridgehead atoms. The molecule has 1 heterocycles. The molecule has 0 aliphatic carbocycles. The fraction of sp³-hybridized carbons (Fsp3) is 0.200. The van der Waals surface area contributed by atoms with Crippen molar-refractivity contribution in [3.8, 4) is 5.69 Å². The van der Waals surface area contributed by atoms with Gasteiger partial charge in [0, 0.05) is 26.8 Å². The van der Waals surface area contributed by atoms with Crippen LogP contribution in [0.4, 0.5) is 0 Å². The number of para-hydroxylation sites is 1. The molecule has 0 saturated heterocycles. The van der Waals surface area contributed by atoms with E-state index in [9.17, 15) is 0 Å². The molecule has 2 aromatic carbocycles. The van der Waals surface area contributed by atoms with Crippen molar-refractivity contribution in [2.24, 2.45) is 4.99 Å². The Bertz CT molecular complexity index is 808. The molecule has 0 unspecified atom stereocenters. The Hall–Kier alpha value is -3.08. The van der Waals surface area contributed by atoms with Crippen LogP contribution in [0.2, 0.25) is 0 Å². The fourth-order valence-corrected chi connectivity index (χ4v) is 2.67. The van der Waals surface area contributed by atoms with Gasteiger partial charge in [0.15, 0.2) is 5.96 Å². The standard InChI is InChI=1S/C20H23N5/c1-21-20(24(2)16-17-9-5-3-6-10-17)22-15-18-13-14-25(23-18)19-11-7-4-8-12-19/h3-14H,15-16H2,1-2H3,(H,21,22). The number of rotatable bonds is 5. The second kappa shape index (κ2) is 8.15. The molecule has 0 saturated carbocycles. The first-order chi connectivity index (χ1) is 12.3. The molecule has 0 spiro atoms. The monoisotopic (exact) mass is 333 g/mol. The summed E-state index contributed by atoms with van der Waals surface area (Å²) in [4.78, 5) is 6.46. The number of hydrogen-bond donors (Lipinski definition) is 1. The first kappa shape index (κ1) is 16.8. The van der Waals surface area contributed by atoms with Gasteiger partial charge < -0.3 is 10.2 Å². The second-order valence-corrected chi connectivity index (χ2v) is 5.83. The minimum atomic E-state index is 0.631. The summed E-state index contributed by atoms with van der Waals surface area (Å²) in [5, 5.41) is 7.98. The van der Waals surface area contributed by atoms with E-state index in [-0.39, 0.29) is 0 Å². The predicted molar refractivity (Wildman–Crippen MR) is 102 cm³/mol. The Kier molecular flexibility index (Phi) is 5.46. The lowest BCUT2D eigenvalue weighted by molar-refractivity contribution is 0.476. The van der Waals surface area contributed by atoms with Crippen molar-refractivity contribution in [2.45, 2.75) is 13.1 Å². The predicted octanol–water partition coefficient (Wildman–Crippen LogP) is 3.08. The molecule has 5 nitrogen and oxygen atoms in total. The van der Waals surface area contributed by atoms with Gasteiger partial charge in [-0.05, 0) is 23.8 Å². The van der Waals surface area contributed by atoms with E-state index in [1.54, 1.807) is 7.05 Å². The van der Waals surface area contributed by atoms with Gasteiger partial charge in [-0.2, -0.15) is 5.10 Å². The number of nitrogens with zero attached hydrogens (tertiary/aromatic N) is 4. The summed E-state index contributed by atoms with van der Waals surface area (Å²) in [5.74, 6) is 0.845. The van der Waals surface area contributed by atoms with E-state index in [0.717, 1.165) is 23.9 Å². The zero-order valence-electron chi connectivity index (χ0n) is 14.6. The Balaban J connectivity index is 1.59. The maximum Gasteiger partial charge on any atom is 0.194 e. The van der Waals surface area contributed by atoms with Crippen molar-refractivity contribution < 1.29 is 0 Å². The highest BCUT2D eigenvalue weighted by Gasteiger charge is 2.08. The summed E-state index contributed by atoms with van der Waals surface area (Å²) in [5.41, 5.74) is 3.28. The average Bonchev–Trinajstić information content (AvgIpc) is 3.13. The molecule has 0 atom stereocenters. The Morgan fingerprint density at radius 3 is 2.40 bits per heavy atom. The van der Waals surface area contributed by atoms with Gasteiger partial charge >= 0.3 is 0 Å². The highest BCUT2D eigenvalue weighted by atomic mass is 15.3. The summed E-state index contributed by atoms with van der Waals surface area (Å²) in [6.07, 6.45) is 1.97. The van der Waals surface area contributed by atoms with Crippen LogP contribution >= 0.6 is 0 Å². The van der Waals surface area contributed by atoms with Crippen LogP contribution in [0, 0.1) is 0 Å². The van der Waals surface area contributed by atoms with Crippen LogP contribution in [0.1, 0.15) is 11.3 Å². The molecule has 0 radical (unpaired) electrons. The lowest BCUT2D eigenvalue weighted by atomic mass is 10.2. The largest absolute Gasteiger partial charge is 0.351 e. The molecule has 25 heavy (non-hydrogen) atoms. The zero-order valence-corrected chi connectivity index (χ0v) is 14.6.